The van der Waals surface area contributed by atoms with Crippen molar-refractivity contribution in [2.24, 2.45) is 0 Å². The number of anilines is 1. The first-order chi connectivity index (χ1) is 5.97. The lowest BCUT2D eigenvalue weighted by atomic mass is 10.3. The SMILES string of the molecule is C1=CN(c2ccccc2)CCN1. The highest BCUT2D eigenvalue weighted by Gasteiger charge is 2.03. The Morgan fingerprint density at radius 2 is 2.00 bits per heavy atom. The summed E-state index contributed by atoms with van der Waals surface area (Å²) in [6, 6.07) is 10.4. The van der Waals surface area contributed by atoms with Crippen LogP contribution in [0.5, 0.6) is 0 Å². The molecule has 0 aliphatic carbocycles. The topological polar surface area (TPSA) is 15.3 Å². The van der Waals surface area contributed by atoms with Crippen LogP contribution in [0.4, 0.5) is 5.69 Å². The van der Waals surface area contributed by atoms with Gasteiger partial charge in [0.05, 0.1) is 0 Å². The molecule has 1 aromatic carbocycles. The summed E-state index contributed by atoms with van der Waals surface area (Å²) in [7, 11) is 0. The molecule has 0 bridgehead atoms. The zero-order valence-corrected chi connectivity index (χ0v) is 6.90. The number of benzene rings is 1. The highest BCUT2D eigenvalue weighted by molar-refractivity contribution is 5.49. The van der Waals surface area contributed by atoms with E-state index in [9.17, 15) is 0 Å². The zero-order valence-electron chi connectivity index (χ0n) is 6.90. The molecule has 0 atom stereocenters. The second-order valence-electron chi connectivity index (χ2n) is 2.80. The molecule has 0 spiro atoms. The average molecular weight is 160 g/mol. The van der Waals surface area contributed by atoms with Crippen LogP contribution < -0.4 is 10.2 Å². The van der Waals surface area contributed by atoms with Crippen LogP contribution in [0.15, 0.2) is 42.7 Å². The van der Waals surface area contributed by atoms with Gasteiger partial charge < -0.3 is 10.2 Å². The predicted molar refractivity (Wildman–Crippen MR) is 50.9 cm³/mol. The molecule has 0 radical (unpaired) electrons. The molecule has 1 N–H and O–H groups in total. The maximum Gasteiger partial charge on any atom is 0.0407 e. The molecule has 2 heteroatoms. The van der Waals surface area contributed by atoms with E-state index in [0.717, 1.165) is 13.1 Å². The summed E-state index contributed by atoms with van der Waals surface area (Å²) in [6.45, 7) is 2.06. The zero-order chi connectivity index (χ0) is 8.23. The molecule has 0 saturated heterocycles. The van der Waals surface area contributed by atoms with Crippen LogP contribution >= 0.6 is 0 Å². The van der Waals surface area contributed by atoms with Gasteiger partial charge in [0.15, 0.2) is 0 Å². The fourth-order valence-corrected chi connectivity index (χ4v) is 1.32. The van der Waals surface area contributed by atoms with Gasteiger partial charge >= 0.3 is 0 Å². The lowest BCUT2D eigenvalue weighted by molar-refractivity contribution is 0.776. The van der Waals surface area contributed by atoms with Crippen molar-refractivity contribution >= 4 is 5.69 Å². The van der Waals surface area contributed by atoms with Crippen LogP contribution in [-0.4, -0.2) is 13.1 Å². The third-order valence-corrected chi connectivity index (χ3v) is 1.96. The molecule has 0 amide bonds. The molecule has 0 unspecified atom stereocenters. The molecule has 1 aliphatic heterocycles. The van der Waals surface area contributed by atoms with Crippen molar-refractivity contribution in [1.29, 1.82) is 0 Å². The van der Waals surface area contributed by atoms with E-state index in [-0.39, 0.29) is 0 Å². The molecule has 1 heterocycles. The van der Waals surface area contributed by atoms with E-state index >= 15 is 0 Å². The number of nitrogens with zero attached hydrogens (tertiary/aromatic N) is 1. The van der Waals surface area contributed by atoms with E-state index in [1.165, 1.54) is 5.69 Å². The normalized spacial score (nSPS) is 15.8. The van der Waals surface area contributed by atoms with Crippen LogP contribution in [0.3, 0.4) is 0 Å². The highest BCUT2D eigenvalue weighted by atomic mass is 15.2. The lowest BCUT2D eigenvalue weighted by Crippen LogP contribution is -2.30. The van der Waals surface area contributed by atoms with E-state index in [4.69, 9.17) is 0 Å². The van der Waals surface area contributed by atoms with Gasteiger partial charge in [-0.05, 0) is 12.1 Å². The van der Waals surface area contributed by atoms with Gasteiger partial charge in [0.2, 0.25) is 0 Å². The fraction of sp³-hybridized carbons (Fsp3) is 0.200. The summed E-state index contributed by atoms with van der Waals surface area (Å²) < 4.78 is 0. The Balaban J connectivity index is 2.19. The summed E-state index contributed by atoms with van der Waals surface area (Å²) in [5.74, 6) is 0. The van der Waals surface area contributed by atoms with Gasteiger partial charge in [0.25, 0.3) is 0 Å². The third-order valence-electron chi connectivity index (χ3n) is 1.96. The number of rotatable bonds is 1. The van der Waals surface area contributed by atoms with Crippen molar-refractivity contribution < 1.29 is 0 Å². The fourth-order valence-electron chi connectivity index (χ4n) is 1.32. The Morgan fingerprint density at radius 1 is 1.17 bits per heavy atom. The van der Waals surface area contributed by atoms with Gasteiger partial charge in [0, 0.05) is 31.2 Å². The molecule has 0 saturated carbocycles. The Labute approximate surface area is 72.5 Å². The second-order valence-corrected chi connectivity index (χ2v) is 2.80. The van der Waals surface area contributed by atoms with Gasteiger partial charge in [-0.1, -0.05) is 18.2 Å². The quantitative estimate of drug-likeness (QED) is 0.670. The van der Waals surface area contributed by atoms with Gasteiger partial charge in [-0.25, -0.2) is 0 Å². The smallest absolute Gasteiger partial charge is 0.0407 e. The summed E-state index contributed by atoms with van der Waals surface area (Å²) >= 11 is 0. The number of nitrogens with one attached hydrogen (secondary N) is 1. The van der Waals surface area contributed by atoms with Gasteiger partial charge in [-0.2, -0.15) is 0 Å². The summed E-state index contributed by atoms with van der Waals surface area (Å²) in [5.41, 5.74) is 1.26. The highest BCUT2D eigenvalue weighted by Crippen LogP contribution is 2.13. The largest absolute Gasteiger partial charge is 0.388 e. The molecule has 62 valence electrons. The average Bonchev–Trinajstić information content (AvgIpc) is 2.21. The summed E-state index contributed by atoms with van der Waals surface area (Å²) in [4.78, 5) is 2.23. The van der Waals surface area contributed by atoms with E-state index in [1.54, 1.807) is 0 Å². The molecule has 0 aromatic heterocycles. The van der Waals surface area contributed by atoms with Crippen molar-refractivity contribution in [3.63, 3.8) is 0 Å². The van der Waals surface area contributed by atoms with E-state index in [2.05, 4.69) is 40.7 Å². The summed E-state index contributed by atoms with van der Waals surface area (Å²) in [5, 5.41) is 3.16. The van der Waals surface area contributed by atoms with Crippen molar-refractivity contribution in [3.05, 3.63) is 42.7 Å². The third kappa shape index (κ3) is 1.42. The molecule has 1 aliphatic rings. The molecule has 0 fully saturated rings. The number of hydrogen-bond donors (Lipinski definition) is 1. The first-order valence-electron chi connectivity index (χ1n) is 4.18. The molecule has 12 heavy (non-hydrogen) atoms. The minimum atomic E-state index is 1.02. The van der Waals surface area contributed by atoms with Crippen molar-refractivity contribution in [2.45, 2.75) is 0 Å². The van der Waals surface area contributed by atoms with Crippen LogP contribution in [0, 0.1) is 0 Å². The number of hydrogen-bond acceptors (Lipinski definition) is 2. The maximum absolute atomic E-state index is 3.16. The molecule has 1 aromatic rings. The van der Waals surface area contributed by atoms with Gasteiger partial charge in [-0.15, -0.1) is 0 Å². The minimum Gasteiger partial charge on any atom is -0.388 e. The van der Waals surface area contributed by atoms with Crippen molar-refractivity contribution in [1.82, 2.24) is 5.32 Å². The number of para-hydroxylation sites is 1. The predicted octanol–water partition coefficient (Wildman–Crippen LogP) is 1.57. The molecular weight excluding hydrogens is 148 g/mol. The van der Waals surface area contributed by atoms with Crippen molar-refractivity contribution in [3.8, 4) is 0 Å². The molecule has 2 nitrogen and oxygen atoms in total. The standard InChI is InChI=1S/C10H12N2/c1-2-4-10(5-3-1)12-8-6-11-7-9-12/h1-6,8,11H,7,9H2. The van der Waals surface area contributed by atoms with Gasteiger partial charge in [0.1, 0.15) is 0 Å². The maximum atomic E-state index is 3.16. The Morgan fingerprint density at radius 3 is 2.67 bits per heavy atom. The second kappa shape index (κ2) is 3.30. The summed E-state index contributed by atoms with van der Waals surface area (Å²) in [6.07, 6.45) is 4.05. The Bertz CT molecular complexity index is 266. The van der Waals surface area contributed by atoms with E-state index in [1.807, 2.05) is 12.3 Å². The minimum absolute atomic E-state index is 1.02. The van der Waals surface area contributed by atoms with Crippen LogP contribution in [0.25, 0.3) is 0 Å². The van der Waals surface area contributed by atoms with Gasteiger partial charge in [-0.3, -0.25) is 0 Å². The first-order valence-corrected chi connectivity index (χ1v) is 4.18. The monoisotopic (exact) mass is 160 g/mol. The van der Waals surface area contributed by atoms with Crippen LogP contribution in [-0.2, 0) is 0 Å². The van der Waals surface area contributed by atoms with E-state index in [0.29, 0.717) is 0 Å². The molecular formula is C10H12N2. The first kappa shape index (κ1) is 7.22. The van der Waals surface area contributed by atoms with Crippen LogP contribution in [0.1, 0.15) is 0 Å². The van der Waals surface area contributed by atoms with Crippen molar-refractivity contribution in [2.75, 3.05) is 18.0 Å². The van der Waals surface area contributed by atoms with E-state index < -0.39 is 0 Å². The Kier molecular flexibility index (Phi) is 1.99. The van der Waals surface area contributed by atoms with Crippen LogP contribution in [0.2, 0.25) is 0 Å². The molecule has 2 rings (SSSR count). The Hall–Kier alpha value is -1.44. The lowest BCUT2D eigenvalue weighted by Gasteiger charge is -2.23.